The predicted molar refractivity (Wildman–Crippen MR) is 79.0 cm³/mol. The maximum atomic E-state index is 12.0. The summed E-state index contributed by atoms with van der Waals surface area (Å²) in [4.78, 5) is 26.4. The molecule has 0 aromatic carbocycles. The zero-order valence-corrected chi connectivity index (χ0v) is 13.2. The fraction of sp³-hybridized carbons (Fsp3) is 0.600. The number of ether oxygens (including phenoxy) is 1. The minimum atomic E-state index is -0.669. The molecular formula is C15H24N2O4. The Morgan fingerprint density at radius 2 is 1.90 bits per heavy atom. The van der Waals surface area contributed by atoms with Crippen LogP contribution < -0.4 is 5.32 Å². The molecule has 0 unspecified atom stereocenters. The fourth-order valence-corrected chi connectivity index (χ4v) is 2.17. The van der Waals surface area contributed by atoms with Crippen molar-refractivity contribution in [1.82, 2.24) is 10.3 Å². The van der Waals surface area contributed by atoms with Crippen LogP contribution in [0.25, 0.3) is 0 Å². The van der Waals surface area contributed by atoms with Crippen LogP contribution >= 0.6 is 0 Å². The van der Waals surface area contributed by atoms with Gasteiger partial charge in [-0.05, 0) is 32.3 Å². The first-order valence-corrected chi connectivity index (χ1v) is 7.05. The minimum Gasteiger partial charge on any atom is -0.451 e. The summed E-state index contributed by atoms with van der Waals surface area (Å²) in [5.41, 5.74) is 2.33. The summed E-state index contributed by atoms with van der Waals surface area (Å²) in [5, 5.41) is 12.4. The first kappa shape index (κ1) is 17.2. The van der Waals surface area contributed by atoms with Crippen molar-refractivity contribution in [3.63, 3.8) is 0 Å². The predicted octanol–water partition coefficient (Wildman–Crippen LogP) is 1.61. The largest absolute Gasteiger partial charge is 0.451 e. The van der Waals surface area contributed by atoms with Crippen molar-refractivity contribution in [3.05, 3.63) is 22.5 Å². The highest BCUT2D eigenvalue weighted by atomic mass is 16.5. The summed E-state index contributed by atoms with van der Waals surface area (Å²) in [6, 6.07) is 0. The number of hydrogen-bond acceptors (Lipinski definition) is 4. The van der Waals surface area contributed by atoms with E-state index in [0.29, 0.717) is 23.6 Å². The van der Waals surface area contributed by atoms with Crippen LogP contribution in [0.1, 0.15) is 54.2 Å². The van der Waals surface area contributed by atoms with Crippen molar-refractivity contribution in [2.45, 2.75) is 40.7 Å². The van der Waals surface area contributed by atoms with Crippen molar-refractivity contribution in [1.29, 1.82) is 0 Å². The standard InChI is InChI=1S/C15H24N2O4/c1-8(2)6-16-12(19)7-21-15(20)14-9(3)13(11(5)18)10(4)17-14/h8,11,17-18H,6-7H2,1-5H3,(H,16,19)/t11-/m1/s1. The molecule has 118 valence electrons. The van der Waals surface area contributed by atoms with Gasteiger partial charge in [0.15, 0.2) is 6.61 Å². The van der Waals surface area contributed by atoms with Gasteiger partial charge in [0.25, 0.3) is 5.91 Å². The highest BCUT2D eigenvalue weighted by molar-refractivity contribution is 5.91. The Hall–Kier alpha value is -1.82. The number of carbonyl (C=O) groups is 2. The monoisotopic (exact) mass is 296 g/mol. The molecule has 0 fully saturated rings. The van der Waals surface area contributed by atoms with Gasteiger partial charge < -0.3 is 20.1 Å². The summed E-state index contributed by atoms with van der Waals surface area (Å²) in [6.45, 7) is 9.35. The maximum Gasteiger partial charge on any atom is 0.355 e. The SMILES string of the molecule is Cc1[nH]c(C(=O)OCC(=O)NCC(C)C)c(C)c1[C@@H](C)O. The van der Waals surface area contributed by atoms with Gasteiger partial charge >= 0.3 is 5.97 Å². The highest BCUT2D eigenvalue weighted by Crippen LogP contribution is 2.24. The van der Waals surface area contributed by atoms with Crippen LogP contribution in [0.3, 0.4) is 0 Å². The van der Waals surface area contributed by atoms with Crippen molar-refractivity contribution in [2.75, 3.05) is 13.2 Å². The van der Waals surface area contributed by atoms with E-state index in [1.54, 1.807) is 20.8 Å². The second-order valence-electron chi connectivity index (χ2n) is 5.61. The lowest BCUT2D eigenvalue weighted by Gasteiger charge is -2.08. The molecule has 3 N–H and O–H groups in total. The van der Waals surface area contributed by atoms with E-state index >= 15 is 0 Å². The number of esters is 1. The van der Waals surface area contributed by atoms with E-state index in [0.717, 1.165) is 5.69 Å². The van der Waals surface area contributed by atoms with Gasteiger partial charge in [-0.3, -0.25) is 4.79 Å². The number of aliphatic hydroxyl groups excluding tert-OH is 1. The fourth-order valence-electron chi connectivity index (χ4n) is 2.17. The zero-order valence-electron chi connectivity index (χ0n) is 13.2. The minimum absolute atomic E-state index is 0.278. The second kappa shape index (κ2) is 7.26. The molecule has 6 nitrogen and oxygen atoms in total. The van der Waals surface area contributed by atoms with Gasteiger partial charge in [-0.1, -0.05) is 13.8 Å². The molecule has 0 saturated carbocycles. The normalized spacial score (nSPS) is 12.3. The zero-order chi connectivity index (χ0) is 16.2. The van der Waals surface area contributed by atoms with Gasteiger partial charge in [-0.25, -0.2) is 4.79 Å². The Morgan fingerprint density at radius 3 is 2.38 bits per heavy atom. The molecule has 6 heteroatoms. The van der Waals surface area contributed by atoms with Gasteiger partial charge in [0.2, 0.25) is 0 Å². The van der Waals surface area contributed by atoms with E-state index < -0.39 is 12.1 Å². The number of amides is 1. The second-order valence-corrected chi connectivity index (χ2v) is 5.61. The number of carbonyl (C=O) groups excluding carboxylic acids is 2. The average molecular weight is 296 g/mol. The first-order chi connectivity index (χ1) is 9.73. The Morgan fingerprint density at radius 1 is 1.29 bits per heavy atom. The van der Waals surface area contributed by atoms with E-state index in [1.807, 2.05) is 13.8 Å². The molecule has 0 bridgehead atoms. The summed E-state index contributed by atoms with van der Waals surface area (Å²) in [6.07, 6.45) is -0.669. The van der Waals surface area contributed by atoms with E-state index in [1.165, 1.54) is 0 Å². The first-order valence-electron chi connectivity index (χ1n) is 7.05. The van der Waals surface area contributed by atoms with Crippen LogP contribution in [0.4, 0.5) is 0 Å². The Bertz CT molecular complexity index is 518. The lowest BCUT2D eigenvalue weighted by atomic mass is 10.1. The van der Waals surface area contributed by atoms with Crippen molar-refractivity contribution in [3.8, 4) is 0 Å². The number of aromatic amines is 1. The molecule has 1 aromatic rings. The quantitative estimate of drug-likeness (QED) is 0.696. The number of aliphatic hydroxyl groups is 1. The number of H-pyrrole nitrogens is 1. The topological polar surface area (TPSA) is 91.4 Å². The van der Waals surface area contributed by atoms with Crippen molar-refractivity contribution in [2.24, 2.45) is 5.92 Å². The van der Waals surface area contributed by atoms with E-state index in [9.17, 15) is 14.7 Å². The third kappa shape index (κ3) is 4.60. The molecule has 0 saturated heterocycles. The van der Waals surface area contributed by atoms with Crippen molar-refractivity contribution < 1.29 is 19.4 Å². The number of rotatable bonds is 6. The Balaban J connectivity index is 2.65. The number of nitrogens with one attached hydrogen (secondary N) is 2. The van der Waals surface area contributed by atoms with Crippen molar-refractivity contribution >= 4 is 11.9 Å². The van der Waals surface area contributed by atoms with Gasteiger partial charge in [-0.15, -0.1) is 0 Å². The summed E-state index contributed by atoms with van der Waals surface area (Å²) < 4.78 is 4.99. The molecular weight excluding hydrogens is 272 g/mol. The Kier molecular flexibility index (Phi) is 5.96. The maximum absolute atomic E-state index is 12.0. The molecule has 0 aliphatic rings. The summed E-state index contributed by atoms with van der Waals surface area (Å²) in [7, 11) is 0. The van der Waals surface area contributed by atoms with Gasteiger partial charge in [-0.2, -0.15) is 0 Å². The molecule has 0 aliphatic heterocycles. The molecule has 1 rings (SSSR count). The van der Waals surface area contributed by atoms with Gasteiger partial charge in [0.1, 0.15) is 5.69 Å². The van der Waals surface area contributed by atoms with Gasteiger partial charge in [0, 0.05) is 17.8 Å². The van der Waals surface area contributed by atoms with E-state index in [-0.39, 0.29) is 18.2 Å². The third-order valence-corrected chi connectivity index (χ3v) is 3.16. The van der Waals surface area contributed by atoms with Crippen LogP contribution in [-0.2, 0) is 9.53 Å². The lowest BCUT2D eigenvalue weighted by molar-refractivity contribution is -0.124. The molecule has 1 heterocycles. The van der Waals surface area contributed by atoms with Gasteiger partial charge in [0.05, 0.1) is 6.10 Å². The smallest absolute Gasteiger partial charge is 0.355 e. The lowest BCUT2D eigenvalue weighted by Crippen LogP contribution is -2.31. The number of hydrogen-bond donors (Lipinski definition) is 3. The summed E-state index contributed by atoms with van der Waals surface area (Å²) >= 11 is 0. The Labute approximate surface area is 124 Å². The van der Waals surface area contributed by atoms with Crippen LogP contribution in [-0.4, -0.2) is 35.1 Å². The van der Waals surface area contributed by atoms with Crippen LogP contribution in [0.15, 0.2) is 0 Å². The highest BCUT2D eigenvalue weighted by Gasteiger charge is 2.21. The number of aryl methyl sites for hydroxylation is 1. The van der Waals surface area contributed by atoms with Crippen LogP contribution in [0.2, 0.25) is 0 Å². The van der Waals surface area contributed by atoms with Crippen LogP contribution in [0.5, 0.6) is 0 Å². The average Bonchev–Trinajstić information content (AvgIpc) is 2.68. The molecule has 0 radical (unpaired) electrons. The third-order valence-electron chi connectivity index (χ3n) is 3.16. The van der Waals surface area contributed by atoms with E-state index in [2.05, 4.69) is 10.3 Å². The number of aromatic nitrogens is 1. The van der Waals surface area contributed by atoms with E-state index in [4.69, 9.17) is 4.74 Å². The molecule has 0 aliphatic carbocycles. The molecule has 0 spiro atoms. The van der Waals surface area contributed by atoms with Crippen LogP contribution in [0, 0.1) is 19.8 Å². The molecule has 1 amide bonds. The summed E-state index contributed by atoms with van der Waals surface area (Å²) in [5.74, 6) is -0.581. The molecule has 1 atom stereocenters. The molecule has 21 heavy (non-hydrogen) atoms. The molecule has 1 aromatic heterocycles.